The van der Waals surface area contributed by atoms with Crippen LogP contribution in [0.5, 0.6) is 5.75 Å². The molecule has 158 valence electrons. The van der Waals surface area contributed by atoms with Crippen molar-refractivity contribution >= 4 is 5.97 Å². The molecule has 1 aromatic rings. The number of benzene rings is 1. The number of ether oxygens (including phenoxy) is 7. The molecule has 1 unspecified atom stereocenters. The highest BCUT2D eigenvalue weighted by Gasteiger charge is 2.50. The summed E-state index contributed by atoms with van der Waals surface area (Å²) in [6.07, 6.45) is -3.64. The van der Waals surface area contributed by atoms with E-state index in [-0.39, 0.29) is 13.2 Å². The number of azide groups is 1. The number of carbonyl (C=O) groups excluding carboxylic acids is 1. The summed E-state index contributed by atoms with van der Waals surface area (Å²) >= 11 is 0. The summed E-state index contributed by atoms with van der Waals surface area (Å²) in [4.78, 5) is 14.4. The molecule has 2 heterocycles. The Morgan fingerprint density at radius 2 is 2.00 bits per heavy atom. The molecular weight excluding hydrogens is 386 g/mol. The lowest BCUT2D eigenvalue weighted by molar-refractivity contribution is -0.341. The van der Waals surface area contributed by atoms with Gasteiger partial charge in [-0.1, -0.05) is 17.2 Å². The molecular formula is C18H23N3O8. The number of esters is 1. The van der Waals surface area contributed by atoms with Gasteiger partial charge in [0, 0.05) is 17.6 Å². The van der Waals surface area contributed by atoms with E-state index in [1.807, 2.05) is 12.1 Å². The third kappa shape index (κ3) is 4.78. The van der Waals surface area contributed by atoms with Gasteiger partial charge in [0.15, 0.2) is 12.6 Å². The standard InChI is InChI=1S/C18H23N3O8/c1-23-11-6-4-10(5-7-11)17-27-8-12-15(29-17)14(20-21-19)16(18(25-3)28-12)26-9-13(22)24-2/h4-7,12,14-18H,8-9H2,1-3H3/t12-,14+,15-,16-,17?,18-/m1/s1. The molecule has 2 fully saturated rings. The van der Waals surface area contributed by atoms with Gasteiger partial charge >= 0.3 is 5.97 Å². The monoisotopic (exact) mass is 409 g/mol. The van der Waals surface area contributed by atoms with Crippen molar-refractivity contribution in [1.29, 1.82) is 0 Å². The van der Waals surface area contributed by atoms with Crippen molar-refractivity contribution in [2.75, 3.05) is 34.5 Å². The topological polar surface area (TPSA) is 130 Å². The molecule has 2 aliphatic heterocycles. The smallest absolute Gasteiger partial charge is 0.331 e. The lowest BCUT2D eigenvalue weighted by Crippen LogP contribution is -2.62. The van der Waals surface area contributed by atoms with E-state index < -0.39 is 42.9 Å². The molecule has 2 saturated heterocycles. The van der Waals surface area contributed by atoms with Gasteiger partial charge in [0.1, 0.15) is 30.7 Å². The van der Waals surface area contributed by atoms with E-state index in [9.17, 15) is 4.79 Å². The lowest BCUT2D eigenvalue weighted by Gasteiger charge is -2.47. The fourth-order valence-corrected chi connectivity index (χ4v) is 3.28. The fraction of sp³-hybridized carbons (Fsp3) is 0.611. The van der Waals surface area contributed by atoms with E-state index in [1.165, 1.54) is 14.2 Å². The molecule has 0 spiro atoms. The molecule has 0 aliphatic carbocycles. The fourth-order valence-electron chi connectivity index (χ4n) is 3.28. The molecule has 0 radical (unpaired) electrons. The third-order valence-corrected chi connectivity index (χ3v) is 4.74. The molecule has 0 amide bonds. The van der Waals surface area contributed by atoms with Crippen molar-refractivity contribution in [3.63, 3.8) is 0 Å². The number of methoxy groups -OCH3 is 3. The first kappa shape index (κ1) is 21.3. The zero-order chi connectivity index (χ0) is 20.8. The molecule has 29 heavy (non-hydrogen) atoms. The summed E-state index contributed by atoms with van der Waals surface area (Å²) in [7, 11) is 4.26. The molecule has 0 aromatic heterocycles. The van der Waals surface area contributed by atoms with Crippen molar-refractivity contribution in [3.8, 4) is 5.75 Å². The van der Waals surface area contributed by atoms with E-state index in [2.05, 4.69) is 14.8 Å². The maximum Gasteiger partial charge on any atom is 0.331 e. The molecule has 6 atom stereocenters. The second-order valence-electron chi connectivity index (χ2n) is 6.37. The predicted octanol–water partition coefficient (Wildman–Crippen LogP) is 1.72. The number of hydrogen-bond donors (Lipinski definition) is 0. The minimum atomic E-state index is -0.874. The Kier molecular flexibility index (Phi) is 7.26. The largest absolute Gasteiger partial charge is 0.497 e. The molecule has 0 bridgehead atoms. The first-order valence-electron chi connectivity index (χ1n) is 8.93. The summed E-state index contributed by atoms with van der Waals surface area (Å²) in [5.41, 5.74) is 9.85. The van der Waals surface area contributed by atoms with Gasteiger partial charge in [0.2, 0.25) is 0 Å². The Labute approximate surface area is 167 Å². The summed E-state index contributed by atoms with van der Waals surface area (Å²) in [5.74, 6) is 0.125. The van der Waals surface area contributed by atoms with Gasteiger partial charge in [-0.2, -0.15) is 0 Å². The van der Waals surface area contributed by atoms with Gasteiger partial charge in [-0.05, 0) is 17.7 Å². The number of rotatable bonds is 7. The average Bonchev–Trinajstić information content (AvgIpc) is 2.77. The van der Waals surface area contributed by atoms with E-state index >= 15 is 0 Å². The van der Waals surface area contributed by atoms with Crippen LogP contribution in [0.15, 0.2) is 29.4 Å². The van der Waals surface area contributed by atoms with Crippen molar-refractivity contribution in [2.45, 2.75) is 36.9 Å². The maximum atomic E-state index is 11.5. The summed E-state index contributed by atoms with van der Waals surface area (Å²) in [6, 6.07) is 6.41. The Morgan fingerprint density at radius 3 is 2.62 bits per heavy atom. The van der Waals surface area contributed by atoms with Crippen molar-refractivity contribution in [1.82, 2.24) is 0 Å². The molecule has 11 nitrogen and oxygen atoms in total. The average molecular weight is 409 g/mol. The summed E-state index contributed by atoms with van der Waals surface area (Å²) in [6.45, 7) is -0.153. The van der Waals surface area contributed by atoms with Crippen molar-refractivity contribution in [2.24, 2.45) is 5.11 Å². The van der Waals surface area contributed by atoms with E-state index in [4.69, 9.17) is 34.0 Å². The first-order valence-corrected chi connectivity index (χ1v) is 8.93. The van der Waals surface area contributed by atoms with Crippen LogP contribution in [-0.4, -0.2) is 71.2 Å². The van der Waals surface area contributed by atoms with Crippen molar-refractivity contribution < 1.29 is 38.0 Å². The molecule has 0 N–H and O–H groups in total. The van der Waals surface area contributed by atoms with E-state index in [1.54, 1.807) is 19.2 Å². The van der Waals surface area contributed by atoms with Crippen LogP contribution in [0.3, 0.4) is 0 Å². The van der Waals surface area contributed by atoms with Gasteiger partial charge in [0.25, 0.3) is 0 Å². The predicted molar refractivity (Wildman–Crippen MR) is 96.9 cm³/mol. The minimum Gasteiger partial charge on any atom is -0.497 e. The van der Waals surface area contributed by atoms with Crippen molar-refractivity contribution in [3.05, 3.63) is 40.3 Å². The van der Waals surface area contributed by atoms with Gasteiger partial charge in [-0.15, -0.1) is 0 Å². The molecule has 1 aromatic carbocycles. The Bertz CT molecular complexity index is 739. The Balaban J connectivity index is 1.80. The SMILES string of the molecule is COC(=O)CO[C@H]1[C@H](OC)O[C@@H]2COC(c3ccc(OC)cc3)O[C@H]2[C@@H]1N=[N+]=[N-]. The van der Waals surface area contributed by atoms with Crippen LogP contribution in [0, 0.1) is 0 Å². The zero-order valence-corrected chi connectivity index (χ0v) is 16.3. The number of nitrogens with zero attached hydrogens (tertiary/aromatic N) is 3. The van der Waals surface area contributed by atoms with Crippen LogP contribution >= 0.6 is 0 Å². The van der Waals surface area contributed by atoms with Gasteiger partial charge in [-0.3, -0.25) is 0 Å². The number of hydrogen-bond acceptors (Lipinski definition) is 9. The van der Waals surface area contributed by atoms with Crippen LogP contribution in [0.2, 0.25) is 0 Å². The van der Waals surface area contributed by atoms with Crippen LogP contribution in [0.25, 0.3) is 10.4 Å². The molecule has 2 aliphatic rings. The third-order valence-electron chi connectivity index (χ3n) is 4.74. The maximum absolute atomic E-state index is 11.5. The second kappa shape index (κ2) is 9.88. The highest BCUT2D eigenvalue weighted by atomic mass is 16.8. The molecule has 11 heteroatoms. The van der Waals surface area contributed by atoms with E-state index in [0.717, 1.165) is 5.56 Å². The first-order chi connectivity index (χ1) is 14.1. The second-order valence-corrected chi connectivity index (χ2v) is 6.37. The quantitative estimate of drug-likeness (QED) is 0.288. The Morgan fingerprint density at radius 1 is 1.24 bits per heavy atom. The zero-order valence-electron chi connectivity index (χ0n) is 16.3. The van der Waals surface area contributed by atoms with Crippen LogP contribution < -0.4 is 4.74 Å². The summed E-state index contributed by atoms with van der Waals surface area (Å²) in [5, 5.41) is 3.85. The van der Waals surface area contributed by atoms with Crippen LogP contribution in [0.1, 0.15) is 11.9 Å². The highest BCUT2D eigenvalue weighted by molar-refractivity contribution is 5.70. The lowest BCUT2D eigenvalue weighted by atomic mass is 9.95. The normalized spacial score (nSPS) is 31.3. The van der Waals surface area contributed by atoms with Gasteiger partial charge in [-0.25, -0.2) is 4.79 Å². The molecule has 3 rings (SSSR count). The van der Waals surface area contributed by atoms with Crippen LogP contribution in [-0.2, 0) is 33.2 Å². The summed E-state index contributed by atoms with van der Waals surface area (Å²) < 4.78 is 38.4. The molecule has 0 saturated carbocycles. The number of carbonyl (C=O) groups is 1. The Hall–Kier alpha value is -2.40. The van der Waals surface area contributed by atoms with Gasteiger partial charge in [0.05, 0.1) is 26.9 Å². The van der Waals surface area contributed by atoms with Crippen LogP contribution in [0.4, 0.5) is 0 Å². The number of fused-ring (bicyclic) bond motifs is 1. The van der Waals surface area contributed by atoms with Gasteiger partial charge < -0.3 is 33.2 Å². The minimum absolute atomic E-state index is 0.197. The highest BCUT2D eigenvalue weighted by Crippen LogP contribution is 2.36. The van der Waals surface area contributed by atoms with E-state index in [0.29, 0.717) is 5.75 Å².